The number of hydrogen-bond donors (Lipinski definition) is 2. The minimum Gasteiger partial charge on any atom is -0.356 e. The van der Waals surface area contributed by atoms with Crippen LogP contribution in [0.2, 0.25) is 0 Å². The van der Waals surface area contributed by atoms with Crippen molar-refractivity contribution in [2.75, 3.05) is 5.32 Å². The Labute approximate surface area is 131 Å². The third-order valence-electron chi connectivity index (χ3n) is 3.37. The van der Waals surface area contributed by atoms with Crippen molar-refractivity contribution in [3.8, 4) is 0 Å². The summed E-state index contributed by atoms with van der Waals surface area (Å²) in [6, 6.07) is 12.4. The standard InChI is InChI=1S/C17H21N3S/c1-11-8-9-15(12(2)10-11)14(4)19-17(21)20-16-7-5-6-13(3)18-16/h5-10,14H,1-4H3,(H2,18,19,20,21)/t14-/m1/s1. The molecule has 0 bridgehead atoms. The van der Waals surface area contributed by atoms with E-state index >= 15 is 0 Å². The van der Waals surface area contributed by atoms with Gasteiger partial charge in [-0.25, -0.2) is 4.98 Å². The fourth-order valence-corrected chi connectivity index (χ4v) is 2.63. The van der Waals surface area contributed by atoms with Gasteiger partial charge >= 0.3 is 0 Å². The van der Waals surface area contributed by atoms with Crippen molar-refractivity contribution in [2.24, 2.45) is 0 Å². The first-order valence-electron chi connectivity index (χ1n) is 7.04. The highest BCUT2D eigenvalue weighted by molar-refractivity contribution is 7.80. The van der Waals surface area contributed by atoms with E-state index in [4.69, 9.17) is 12.2 Å². The van der Waals surface area contributed by atoms with Gasteiger partial charge in [0, 0.05) is 5.69 Å². The Bertz CT molecular complexity index is 652. The third kappa shape index (κ3) is 4.26. The van der Waals surface area contributed by atoms with Gasteiger partial charge in [0.05, 0.1) is 6.04 Å². The topological polar surface area (TPSA) is 37.0 Å². The molecule has 3 nitrogen and oxygen atoms in total. The fourth-order valence-electron chi connectivity index (χ4n) is 2.35. The molecule has 2 N–H and O–H groups in total. The van der Waals surface area contributed by atoms with Crippen LogP contribution in [0.25, 0.3) is 0 Å². The molecule has 1 atom stereocenters. The first kappa shape index (κ1) is 15.4. The summed E-state index contributed by atoms with van der Waals surface area (Å²) in [6.07, 6.45) is 0. The number of nitrogens with zero attached hydrogens (tertiary/aromatic N) is 1. The summed E-state index contributed by atoms with van der Waals surface area (Å²) in [5.74, 6) is 0.764. The maximum Gasteiger partial charge on any atom is 0.172 e. The lowest BCUT2D eigenvalue weighted by molar-refractivity contribution is 0.716. The fraction of sp³-hybridized carbons (Fsp3) is 0.294. The van der Waals surface area contributed by atoms with Crippen molar-refractivity contribution in [2.45, 2.75) is 33.7 Å². The average molecular weight is 299 g/mol. The molecule has 0 saturated heterocycles. The molecule has 21 heavy (non-hydrogen) atoms. The Hall–Kier alpha value is -1.94. The molecule has 0 amide bonds. The molecule has 0 spiro atoms. The molecule has 1 aromatic heterocycles. The van der Waals surface area contributed by atoms with E-state index in [1.807, 2.05) is 25.1 Å². The first-order valence-corrected chi connectivity index (χ1v) is 7.45. The molecular formula is C17H21N3S. The lowest BCUT2D eigenvalue weighted by Gasteiger charge is -2.19. The number of hydrogen-bond acceptors (Lipinski definition) is 2. The number of pyridine rings is 1. The van der Waals surface area contributed by atoms with E-state index in [0.29, 0.717) is 5.11 Å². The molecule has 0 fully saturated rings. The van der Waals surface area contributed by atoms with Gasteiger partial charge in [-0.1, -0.05) is 29.8 Å². The van der Waals surface area contributed by atoms with Crippen LogP contribution < -0.4 is 10.6 Å². The van der Waals surface area contributed by atoms with Crippen LogP contribution in [0.5, 0.6) is 0 Å². The second kappa shape index (κ2) is 6.68. The van der Waals surface area contributed by atoms with Gasteiger partial charge in [0.25, 0.3) is 0 Å². The van der Waals surface area contributed by atoms with Crippen molar-refractivity contribution in [1.29, 1.82) is 0 Å². The molecule has 4 heteroatoms. The number of rotatable bonds is 3. The summed E-state index contributed by atoms with van der Waals surface area (Å²) in [4.78, 5) is 4.38. The molecule has 0 unspecified atom stereocenters. The molecule has 0 saturated carbocycles. The van der Waals surface area contributed by atoms with Crippen LogP contribution in [0.4, 0.5) is 5.82 Å². The maximum atomic E-state index is 5.36. The van der Waals surface area contributed by atoms with Crippen LogP contribution in [0.3, 0.4) is 0 Å². The zero-order valence-corrected chi connectivity index (χ0v) is 13.7. The van der Waals surface area contributed by atoms with Crippen molar-refractivity contribution >= 4 is 23.1 Å². The van der Waals surface area contributed by atoms with Gasteiger partial charge in [0.1, 0.15) is 5.82 Å². The zero-order valence-electron chi connectivity index (χ0n) is 12.9. The Kier molecular flexibility index (Phi) is 4.91. The van der Waals surface area contributed by atoms with Gasteiger partial charge in [0.15, 0.2) is 5.11 Å². The van der Waals surface area contributed by atoms with Crippen LogP contribution in [-0.2, 0) is 0 Å². The summed E-state index contributed by atoms with van der Waals surface area (Å²) >= 11 is 5.36. The number of nitrogens with one attached hydrogen (secondary N) is 2. The molecular weight excluding hydrogens is 278 g/mol. The molecule has 110 valence electrons. The number of benzene rings is 1. The van der Waals surface area contributed by atoms with Gasteiger partial charge in [-0.05, 0) is 63.2 Å². The largest absolute Gasteiger partial charge is 0.356 e. The van der Waals surface area contributed by atoms with Gasteiger partial charge in [-0.2, -0.15) is 0 Å². The highest BCUT2D eigenvalue weighted by atomic mass is 32.1. The summed E-state index contributed by atoms with van der Waals surface area (Å²) in [6.45, 7) is 8.29. The first-order chi connectivity index (χ1) is 9.95. The highest BCUT2D eigenvalue weighted by Gasteiger charge is 2.10. The Morgan fingerprint density at radius 3 is 2.57 bits per heavy atom. The minimum absolute atomic E-state index is 0.149. The van der Waals surface area contributed by atoms with Crippen molar-refractivity contribution in [3.05, 3.63) is 58.8 Å². The Morgan fingerprint density at radius 1 is 1.14 bits per heavy atom. The molecule has 0 aliphatic rings. The van der Waals surface area contributed by atoms with Gasteiger partial charge < -0.3 is 10.6 Å². The summed E-state index contributed by atoms with van der Waals surface area (Å²) in [5, 5.41) is 7.01. The van der Waals surface area contributed by atoms with E-state index in [1.165, 1.54) is 16.7 Å². The number of aryl methyl sites for hydroxylation is 3. The number of aromatic nitrogens is 1. The second-order valence-corrected chi connectivity index (χ2v) is 5.75. The van der Waals surface area contributed by atoms with E-state index in [-0.39, 0.29) is 6.04 Å². The maximum absolute atomic E-state index is 5.36. The van der Waals surface area contributed by atoms with Crippen LogP contribution in [0.15, 0.2) is 36.4 Å². The monoisotopic (exact) mass is 299 g/mol. The number of anilines is 1. The van der Waals surface area contributed by atoms with E-state index < -0.39 is 0 Å². The van der Waals surface area contributed by atoms with Gasteiger partial charge in [0.2, 0.25) is 0 Å². The summed E-state index contributed by atoms with van der Waals surface area (Å²) in [5.41, 5.74) is 4.76. The lowest BCUT2D eigenvalue weighted by Crippen LogP contribution is -2.31. The molecule has 2 rings (SSSR count). The minimum atomic E-state index is 0.149. The van der Waals surface area contributed by atoms with Crippen LogP contribution in [0, 0.1) is 20.8 Å². The average Bonchev–Trinajstić information content (AvgIpc) is 2.38. The van der Waals surface area contributed by atoms with Crippen molar-refractivity contribution in [3.63, 3.8) is 0 Å². The SMILES string of the molecule is Cc1ccc([C@@H](C)NC(=S)Nc2cccc(C)n2)c(C)c1. The predicted molar refractivity (Wildman–Crippen MR) is 92.7 cm³/mol. The van der Waals surface area contributed by atoms with E-state index in [0.717, 1.165) is 11.5 Å². The molecule has 1 heterocycles. The Balaban J connectivity index is 2.02. The summed E-state index contributed by atoms with van der Waals surface area (Å²) in [7, 11) is 0. The van der Waals surface area contributed by atoms with Crippen molar-refractivity contribution < 1.29 is 0 Å². The van der Waals surface area contributed by atoms with E-state index in [9.17, 15) is 0 Å². The van der Waals surface area contributed by atoms with Crippen molar-refractivity contribution in [1.82, 2.24) is 10.3 Å². The zero-order chi connectivity index (χ0) is 15.4. The smallest absolute Gasteiger partial charge is 0.172 e. The molecule has 1 aromatic carbocycles. The highest BCUT2D eigenvalue weighted by Crippen LogP contribution is 2.18. The molecule has 0 aliphatic carbocycles. The predicted octanol–water partition coefficient (Wildman–Crippen LogP) is 4.05. The normalized spacial score (nSPS) is 11.8. The molecule has 0 aliphatic heterocycles. The van der Waals surface area contributed by atoms with E-state index in [2.05, 4.69) is 54.6 Å². The summed E-state index contributed by atoms with van der Waals surface area (Å²) < 4.78 is 0. The van der Waals surface area contributed by atoms with Crippen LogP contribution >= 0.6 is 12.2 Å². The lowest BCUT2D eigenvalue weighted by atomic mass is 10.0. The van der Waals surface area contributed by atoms with E-state index in [1.54, 1.807) is 0 Å². The van der Waals surface area contributed by atoms with Gasteiger partial charge in [-0.15, -0.1) is 0 Å². The third-order valence-corrected chi connectivity index (χ3v) is 3.59. The van der Waals surface area contributed by atoms with Crippen LogP contribution in [0.1, 0.15) is 35.3 Å². The molecule has 2 aromatic rings. The quantitative estimate of drug-likeness (QED) is 0.838. The van der Waals surface area contributed by atoms with Crippen LogP contribution in [-0.4, -0.2) is 10.1 Å². The number of thiocarbonyl (C=S) groups is 1. The second-order valence-electron chi connectivity index (χ2n) is 5.34. The Morgan fingerprint density at radius 2 is 1.90 bits per heavy atom. The molecule has 0 radical (unpaired) electrons. The van der Waals surface area contributed by atoms with Gasteiger partial charge in [-0.3, -0.25) is 0 Å².